The van der Waals surface area contributed by atoms with Crippen LogP contribution in [0.1, 0.15) is 72.1 Å². The monoisotopic (exact) mass is 970 g/mol. The highest BCUT2D eigenvalue weighted by molar-refractivity contribution is 7.86. The second-order valence-electron chi connectivity index (χ2n) is 18.3. The maximum atomic E-state index is 13.4. The fourth-order valence-electron chi connectivity index (χ4n) is 9.41. The molecule has 0 spiro atoms. The predicted octanol–water partition coefficient (Wildman–Crippen LogP) is 6.50. The summed E-state index contributed by atoms with van der Waals surface area (Å²) in [6.07, 6.45) is 5.38. The molecule has 2 amide bonds. The molecule has 4 heterocycles. The number of phenols is 2. The number of carbonyl (C=O) groups excluding carboxylic acids is 2. The summed E-state index contributed by atoms with van der Waals surface area (Å²) in [5.74, 6) is -0.783. The Balaban J connectivity index is 0.825. The van der Waals surface area contributed by atoms with Crippen molar-refractivity contribution in [1.29, 1.82) is 10.8 Å². The zero-order valence-electron chi connectivity index (χ0n) is 40.3. The summed E-state index contributed by atoms with van der Waals surface area (Å²) in [6, 6.07) is 23.2. The molecule has 7 N–H and O–H groups in total. The second kappa shape index (κ2) is 21.4. The van der Waals surface area contributed by atoms with E-state index in [4.69, 9.17) is 26.3 Å². The van der Waals surface area contributed by atoms with Gasteiger partial charge >= 0.3 is 0 Å². The number of piperidine rings is 1. The van der Waals surface area contributed by atoms with Gasteiger partial charge in [-0.3, -0.25) is 35.1 Å². The summed E-state index contributed by atoms with van der Waals surface area (Å²) in [4.78, 5) is 45.0. The summed E-state index contributed by atoms with van der Waals surface area (Å²) >= 11 is 0. The molecule has 0 radical (unpaired) electrons. The van der Waals surface area contributed by atoms with E-state index in [1.54, 1.807) is 54.1 Å². The summed E-state index contributed by atoms with van der Waals surface area (Å²) < 4.78 is 20.8. The lowest BCUT2D eigenvalue weighted by Crippen LogP contribution is -2.48. The van der Waals surface area contributed by atoms with Crippen molar-refractivity contribution in [3.63, 3.8) is 0 Å². The van der Waals surface area contributed by atoms with Crippen LogP contribution in [0.5, 0.6) is 17.2 Å². The molecule has 4 aromatic carbocycles. The molecule has 3 aliphatic heterocycles. The van der Waals surface area contributed by atoms with E-state index in [2.05, 4.69) is 37.1 Å². The number of carbonyl (C=O) groups is 2. The lowest BCUT2D eigenvalue weighted by molar-refractivity contribution is -0.112. The van der Waals surface area contributed by atoms with Gasteiger partial charge in [-0.05, 0) is 104 Å². The average Bonchev–Trinajstić information content (AvgIpc) is 3.42. The summed E-state index contributed by atoms with van der Waals surface area (Å²) in [7, 11) is 0.130. The topological polar surface area (TPSA) is 232 Å². The van der Waals surface area contributed by atoms with Crippen LogP contribution < -0.4 is 29.9 Å². The molecule has 0 saturated carbocycles. The van der Waals surface area contributed by atoms with Crippen molar-refractivity contribution < 1.29 is 28.7 Å². The smallest absolute Gasteiger partial charge is 0.284 e. The first-order chi connectivity index (χ1) is 33.6. The number of rotatable bonds is 14. The van der Waals surface area contributed by atoms with Gasteiger partial charge in [0.05, 0.1) is 35.3 Å². The fraction of sp³-hybridized carbons (Fsp3) is 0.373. The Bertz CT molecular complexity index is 2790. The first-order valence-corrected chi connectivity index (χ1v) is 25.1. The van der Waals surface area contributed by atoms with Gasteiger partial charge in [-0.25, -0.2) is 13.5 Å². The Morgan fingerprint density at radius 2 is 1.56 bits per heavy atom. The number of nitrogens with two attached hydrogens (primary N) is 1. The SMILES string of the molecule is CCOc1cc(CN2CCC(CN3CCN(Cc4ccc(N(C(=N)C(N)=O)C(=N)c5cc(C(C)C)c(O)cc5O)cc4)CC3)CC2)ccc1Nc1ncc2c(n1)N(S(C)=O)c1ccccc1C(=O)N2C. The summed E-state index contributed by atoms with van der Waals surface area (Å²) in [5, 5.41) is 41.7. The standard InChI is InChI=1S/C51H62N12O6S/c1-6-69-45-25-35(13-16-40(45)56-51-55-28-42-49(57-51)63(70(5)68)41-10-8-7-9-37(41)50(67)58(42)4)31-59-19-17-34(18-20-59)30-61-23-21-60(22-24-61)29-33-11-14-36(15-12-33)62(47(53)48(54)66)46(52)39-26-38(32(2)3)43(64)27-44(39)65/h7-16,25-28,32,34,52-53,64-65H,6,17-24,29-31H2,1-5H3,(H2,54,66)(H,55,56,57). The van der Waals surface area contributed by atoms with Crippen LogP contribution in [0, 0.1) is 16.7 Å². The van der Waals surface area contributed by atoms with E-state index in [1.165, 1.54) is 17.0 Å². The van der Waals surface area contributed by atoms with Crippen molar-refractivity contribution in [3.8, 4) is 17.2 Å². The maximum absolute atomic E-state index is 13.4. The van der Waals surface area contributed by atoms with E-state index < -0.39 is 22.7 Å². The molecule has 8 rings (SSSR count). The molecule has 0 aliphatic carbocycles. The third-order valence-electron chi connectivity index (χ3n) is 13.2. The van der Waals surface area contributed by atoms with Crippen molar-refractivity contribution in [2.45, 2.75) is 52.6 Å². The number of amidine groups is 2. The van der Waals surface area contributed by atoms with Gasteiger partial charge in [0.2, 0.25) is 5.95 Å². The molecular weight excluding hydrogens is 909 g/mol. The van der Waals surface area contributed by atoms with Gasteiger partial charge in [0, 0.05) is 70.9 Å². The van der Waals surface area contributed by atoms with Crippen LogP contribution in [-0.4, -0.2) is 128 Å². The number of aromatic nitrogens is 2. The van der Waals surface area contributed by atoms with Crippen molar-refractivity contribution in [2.75, 3.05) is 85.1 Å². The fourth-order valence-corrected chi connectivity index (χ4v) is 10.2. The molecule has 0 bridgehead atoms. The minimum atomic E-state index is -1.53. The number of piperazine rings is 1. The number of anilines is 6. The van der Waals surface area contributed by atoms with E-state index in [-0.39, 0.29) is 40.7 Å². The maximum Gasteiger partial charge on any atom is 0.284 e. The number of primary amides is 1. The zero-order chi connectivity index (χ0) is 49.8. The van der Waals surface area contributed by atoms with Crippen LogP contribution in [0.25, 0.3) is 0 Å². The number of amides is 2. The van der Waals surface area contributed by atoms with Gasteiger partial charge in [-0.15, -0.1) is 0 Å². The van der Waals surface area contributed by atoms with Crippen LogP contribution >= 0.6 is 0 Å². The highest BCUT2D eigenvalue weighted by atomic mass is 32.2. The largest absolute Gasteiger partial charge is 0.508 e. The third kappa shape index (κ3) is 10.8. The minimum absolute atomic E-state index is 0.0662. The predicted molar refractivity (Wildman–Crippen MR) is 275 cm³/mol. The highest BCUT2D eigenvalue weighted by Crippen LogP contribution is 2.41. The average molecular weight is 971 g/mol. The molecule has 1 unspecified atom stereocenters. The second-order valence-corrected chi connectivity index (χ2v) is 19.5. The van der Waals surface area contributed by atoms with Crippen molar-refractivity contribution >= 4 is 69.0 Å². The number of hydrogen-bond acceptors (Lipinski definition) is 14. The molecule has 3 aliphatic rings. The van der Waals surface area contributed by atoms with Crippen LogP contribution in [-0.2, 0) is 28.9 Å². The zero-order valence-corrected chi connectivity index (χ0v) is 41.1. The Kier molecular flexibility index (Phi) is 15.1. The van der Waals surface area contributed by atoms with E-state index in [1.807, 2.05) is 45.0 Å². The molecule has 18 nitrogen and oxygen atoms in total. The van der Waals surface area contributed by atoms with Crippen LogP contribution in [0.4, 0.5) is 34.5 Å². The number of para-hydroxylation sites is 1. The Hall–Kier alpha value is -6.93. The normalized spacial score (nSPS) is 16.3. The minimum Gasteiger partial charge on any atom is -0.508 e. The third-order valence-corrected chi connectivity index (χ3v) is 14.1. The molecule has 70 heavy (non-hydrogen) atoms. The van der Waals surface area contributed by atoms with Gasteiger partial charge in [-0.2, -0.15) is 4.98 Å². The van der Waals surface area contributed by atoms with E-state index in [9.17, 15) is 24.0 Å². The molecule has 368 valence electrons. The number of hydrogen-bond donors (Lipinski definition) is 6. The van der Waals surface area contributed by atoms with Gasteiger partial charge < -0.3 is 35.8 Å². The van der Waals surface area contributed by atoms with Crippen LogP contribution in [0.15, 0.2) is 85.1 Å². The van der Waals surface area contributed by atoms with E-state index in [0.717, 1.165) is 87.8 Å². The van der Waals surface area contributed by atoms with Crippen LogP contribution in [0.2, 0.25) is 0 Å². The summed E-state index contributed by atoms with van der Waals surface area (Å²) in [5.41, 5.74) is 10.8. The van der Waals surface area contributed by atoms with E-state index >= 15 is 0 Å². The van der Waals surface area contributed by atoms with Crippen molar-refractivity contribution in [2.24, 2.45) is 11.7 Å². The first-order valence-electron chi connectivity index (χ1n) is 23.6. The van der Waals surface area contributed by atoms with Crippen LogP contribution in [0.3, 0.4) is 0 Å². The summed E-state index contributed by atoms with van der Waals surface area (Å²) in [6.45, 7) is 14.6. The lowest BCUT2D eigenvalue weighted by Gasteiger charge is -2.39. The number of aromatic hydroxyl groups is 2. The quantitative estimate of drug-likeness (QED) is 0.0516. The molecular formula is C51H62N12O6S. The molecule has 1 atom stereocenters. The molecule has 2 fully saturated rings. The number of fused-ring (bicyclic) bond motifs is 2. The molecule has 19 heteroatoms. The first kappa shape index (κ1) is 49.5. The van der Waals surface area contributed by atoms with Gasteiger partial charge in [-0.1, -0.05) is 44.2 Å². The molecule has 5 aromatic rings. The van der Waals surface area contributed by atoms with Gasteiger partial charge in [0.15, 0.2) is 11.7 Å². The van der Waals surface area contributed by atoms with Crippen molar-refractivity contribution in [1.82, 2.24) is 24.7 Å². The Labute approximate surface area is 411 Å². The number of ether oxygens (including phenoxy) is 1. The number of nitrogens with one attached hydrogen (secondary N) is 3. The number of phenolic OH excluding ortho intramolecular Hbond substituents is 2. The van der Waals surface area contributed by atoms with Gasteiger partial charge in [0.1, 0.15) is 39.8 Å². The lowest BCUT2D eigenvalue weighted by atomic mass is 9.95. The number of likely N-dealkylation sites (tertiary alicyclic amines) is 1. The highest BCUT2D eigenvalue weighted by Gasteiger charge is 2.33. The number of nitrogens with zero attached hydrogens (tertiary/aromatic N) is 8. The Morgan fingerprint density at radius 3 is 2.23 bits per heavy atom. The van der Waals surface area contributed by atoms with Gasteiger partial charge in [0.25, 0.3) is 11.8 Å². The Morgan fingerprint density at radius 1 is 0.900 bits per heavy atom. The number of benzene rings is 4. The molecule has 2 saturated heterocycles. The van der Waals surface area contributed by atoms with E-state index in [0.29, 0.717) is 58.0 Å². The van der Waals surface area contributed by atoms with Crippen molar-refractivity contribution in [3.05, 3.63) is 113 Å². The molecule has 1 aromatic heterocycles.